The van der Waals surface area contributed by atoms with Gasteiger partial charge in [-0.3, -0.25) is 9.79 Å². The molecule has 3 heterocycles. The minimum atomic E-state index is -3.30. The Morgan fingerprint density at radius 1 is 1.27 bits per heavy atom. The lowest BCUT2D eigenvalue weighted by molar-refractivity contribution is -0.118. The van der Waals surface area contributed by atoms with Crippen LogP contribution < -0.4 is 15.8 Å². The first kappa shape index (κ1) is 37.6. The van der Waals surface area contributed by atoms with Gasteiger partial charge in [-0.25, -0.2) is 27.5 Å². The maximum atomic E-state index is 15.2. The third-order valence-electron chi connectivity index (χ3n) is 6.48. The van der Waals surface area contributed by atoms with Crippen LogP contribution >= 0.6 is 54.0 Å². The largest absolute Gasteiger partial charge is 0.445 e. The summed E-state index contributed by atoms with van der Waals surface area (Å²) in [4.78, 5) is 24.6. The second-order valence-electron chi connectivity index (χ2n) is 9.01. The summed E-state index contributed by atoms with van der Waals surface area (Å²) in [6.45, 7) is 0.661. The first-order valence-electron chi connectivity index (χ1n) is 10.8. The number of nitrogens with one attached hydrogen (secondary N) is 1. The van der Waals surface area contributed by atoms with Crippen molar-refractivity contribution < 1.29 is 31.8 Å². The van der Waals surface area contributed by atoms with Crippen LogP contribution in [0.25, 0.3) is 0 Å². The van der Waals surface area contributed by atoms with Crippen molar-refractivity contribution in [3.8, 4) is 11.9 Å². The number of aliphatic imine (C=N–C) groups is 1. The van der Waals surface area contributed by atoms with Crippen LogP contribution in [0.15, 0.2) is 35.6 Å². The summed E-state index contributed by atoms with van der Waals surface area (Å²) >= 11 is 0. The first-order valence-corrected chi connectivity index (χ1v) is 10.8. The summed E-state index contributed by atoms with van der Waals surface area (Å²) in [6.07, 6.45) is 0.347. The average molecular weight is 643 g/mol. The van der Waals surface area contributed by atoms with Gasteiger partial charge in [0.2, 0.25) is 12.7 Å². The number of benzene rings is 1. The number of aromatic nitrogens is 2. The second-order valence-corrected chi connectivity index (χ2v) is 9.01. The fraction of sp³-hybridized carbons (Fsp3) is 0.435. The van der Waals surface area contributed by atoms with Crippen molar-refractivity contribution in [2.24, 2.45) is 22.1 Å². The van der Waals surface area contributed by atoms with Crippen molar-refractivity contribution >= 4 is 71.4 Å². The molecule has 222 valence electrons. The lowest BCUT2D eigenvalue weighted by Crippen LogP contribution is -2.52. The van der Waals surface area contributed by atoms with Gasteiger partial charge in [0.1, 0.15) is 34.4 Å². The molecule has 17 heteroatoms. The molecule has 2 aromatic rings. The van der Waals surface area contributed by atoms with E-state index < -0.39 is 54.1 Å². The highest BCUT2D eigenvalue weighted by molar-refractivity contribution is 7.59. The number of hydrogen-bond donors (Lipinski definition) is 2. The Morgan fingerprint density at radius 3 is 2.50 bits per heavy atom. The minimum Gasteiger partial charge on any atom is -0.445 e. The Labute approximate surface area is 256 Å². The van der Waals surface area contributed by atoms with Crippen molar-refractivity contribution in [1.82, 2.24) is 9.97 Å². The number of nitrogens with two attached hydrogens (primary N) is 1. The summed E-state index contributed by atoms with van der Waals surface area (Å²) in [5, 5.41) is 12.2. The number of ether oxygens (including phenoxy) is 2. The van der Waals surface area contributed by atoms with Gasteiger partial charge >= 0.3 is 0 Å². The fourth-order valence-corrected chi connectivity index (χ4v) is 4.60. The maximum absolute atomic E-state index is 15.2. The smallest absolute Gasteiger partial charge is 0.275 e. The van der Waals surface area contributed by atoms with Gasteiger partial charge in [-0.2, -0.15) is 59.2 Å². The van der Waals surface area contributed by atoms with E-state index in [4.69, 9.17) is 10.5 Å². The zero-order valence-electron chi connectivity index (χ0n) is 21.3. The molecule has 0 radical (unpaired) electrons. The molecule has 4 rings (SSSR count). The van der Waals surface area contributed by atoms with Crippen LogP contribution in [0.3, 0.4) is 0 Å². The summed E-state index contributed by atoms with van der Waals surface area (Å²) < 4.78 is 66.4. The van der Waals surface area contributed by atoms with Crippen LogP contribution in [0.4, 0.5) is 23.2 Å². The van der Waals surface area contributed by atoms with Gasteiger partial charge in [0, 0.05) is 24.1 Å². The summed E-state index contributed by atoms with van der Waals surface area (Å²) in [5.41, 5.74) is 2.96. The third kappa shape index (κ3) is 6.90. The number of amides is 1. The molecule has 2 aliphatic heterocycles. The number of fused-ring (bicyclic) bond motifs is 1. The summed E-state index contributed by atoms with van der Waals surface area (Å²) in [5.74, 6) is -6.11. The number of carbonyl (C=O) groups excluding carboxylic acids is 1. The summed E-state index contributed by atoms with van der Waals surface area (Å²) in [7, 11) is 0. The van der Waals surface area contributed by atoms with Crippen molar-refractivity contribution in [3.63, 3.8) is 0 Å². The number of anilines is 1. The lowest BCUT2D eigenvalue weighted by atomic mass is 9.66. The van der Waals surface area contributed by atoms with Crippen molar-refractivity contribution in [3.05, 3.63) is 47.7 Å². The highest BCUT2D eigenvalue weighted by atomic mass is 32.1. The van der Waals surface area contributed by atoms with Crippen molar-refractivity contribution in [2.75, 3.05) is 18.8 Å². The van der Waals surface area contributed by atoms with E-state index in [1.807, 2.05) is 6.07 Å². The van der Waals surface area contributed by atoms with Gasteiger partial charge in [-0.1, -0.05) is 0 Å². The van der Waals surface area contributed by atoms with Crippen LogP contribution in [0.1, 0.15) is 36.3 Å². The van der Waals surface area contributed by atoms with Gasteiger partial charge in [-0.15, -0.1) is 0 Å². The number of hydrogen-bond acceptors (Lipinski definition) is 8. The standard InChI is InChI=1S/C23H22F4N6O3.4H2S/c1-21(9-28)6-14-18(22(2,26)27)35-10-23(14,33-20(21)29)13-5-12(3-4-15(13)25)32-19(34)16-7-31-17(8-30-16)36-11-24;;;;/h3-5,7-8,14,18H,6,10-11H2,1-2H3,(H2,29,33)(H,32,34);4*1H2/t14-,18+,21+,23-;;;;/m1..../s1. The number of amidine groups is 1. The number of alkyl halides is 3. The van der Waals surface area contributed by atoms with Gasteiger partial charge in [0.25, 0.3) is 11.8 Å². The number of rotatable bonds is 6. The zero-order valence-corrected chi connectivity index (χ0v) is 25.3. The van der Waals surface area contributed by atoms with Crippen LogP contribution in [0.5, 0.6) is 5.88 Å². The van der Waals surface area contributed by atoms with Crippen molar-refractivity contribution in [2.45, 2.75) is 37.8 Å². The molecular formula is C23H30F4N6O3S4. The van der Waals surface area contributed by atoms with Crippen LogP contribution in [0.2, 0.25) is 0 Å². The van der Waals surface area contributed by atoms with Gasteiger partial charge in [0.05, 0.1) is 25.1 Å². The maximum Gasteiger partial charge on any atom is 0.275 e. The molecule has 1 amide bonds. The highest BCUT2D eigenvalue weighted by Crippen LogP contribution is 2.55. The summed E-state index contributed by atoms with van der Waals surface area (Å²) in [6, 6.07) is 5.61. The van der Waals surface area contributed by atoms with Crippen LogP contribution in [-0.2, 0) is 10.3 Å². The van der Waals surface area contributed by atoms with Crippen LogP contribution in [-0.4, -0.2) is 47.2 Å². The molecule has 0 aliphatic carbocycles. The van der Waals surface area contributed by atoms with E-state index in [2.05, 4.69) is 25.0 Å². The molecular weight excluding hydrogens is 613 g/mol. The monoisotopic (exact) mass is 642 g/mol. The molecule has 1 saturated heterocycles. The zero-order chi connectivity index (χ0) is 26.3. The van der Waals surface area contributed by atoms with Crippen molar-refractivity contribution in [1.29, 1.82) is 5.26 Å². The second kappa shape index (κ2) is 14.0. The van der Waals surface area contributed by atoms with Gasteiger partial charge in [-0.05, 0) is 31.5 Å². The van der Waals surface area contributed by atoms with E-state index in [9.17, 15) is 23.2 Å². The molecule has 1 aromatic heterocycles. The predicted molar refractivity (Wildman–Crippen MR) is 160 cm³/mol. The Kier molecular flexibility index (Phi) is 13.2. The van der Waals surface area contributed by atoms with Gasteiger partial charge < -0.3 is 20.5 Å². The molecule has 3 N–H and O–H groups in total. The number of nitriles is 1. The predicted octanol–water partition coefficient (Wildman–Crippen LogP) is 3.78. The SMILES string of the molecule is CC(F)(F)[C@H]1OC[C@]2(c3cc(NC(=O)c4cnc(OCF)cn4)ccc3F)N=C(N)[C@](C)(C#N)C[C@H]12.S.S.S.S. The Hall–Kier alpha value is -2.39. The normalized spacial score (nSPS) is 24.8. The molecule has 0 saturated carbocycles. The van der Waals surface area contributed by atoms with Gasteiger partial charge in [0.15, 0.2) is 0 Å². The topological polar surface area (TPSA) is 136 Å². The number of halogens is 4. The molecule has 2 aliphatic rings. The molecule has 0 unspecified atom stereocenters. The molecule has 40 heavy (non-hydrogen) atoms. The minimum absolute atomic E-state index is 0. The highest BCUT2D eigenvalue weighted by Gasteiger charge is 2.62. The van der Waals surface area contributed by atoms with E-state index in [1.165, 1.54) is 19.1 Å². The molecule has 1 fully saturated rings. The number of nitrogens with zero attached hydrogens (tertiary/aromatic N) is 4. The van der Waals surface area contributed by atoms with Crippen LogP contribution in [0, 0.1) is 28.5 Å². The first-order chi connectivity index (χ1) is 16.9. The molecule has 1 aromatic carbocycles. The fourth-order valence-electron chi connectivity index (χ4n) is 4.60. The van der Waals surface area contributed by atoms with E-state index in [1.54, 1.807) is 0 Å². The number of carbonyl (C=O) groups is 1. The van der Waals surface area contributed by atoms with E-state index in [-0.39, 0.29) is 89.1 Å². The Bertz CT molecular complexity index is 1260. The Morgan fingerprint density at radius 2 is 1.95 bits per heavy atom. The molecule has 4 atom stereocenters. The lowest BCUT2D eigenvalue weighted by Gasteiger charge is -2.42. The Balaban J connectivity index is 0.00000380. The van der Waals surface area contributed by atoms with E-state index in [0.29, 0.717) is 6.92 Å². The third-order valence-corrected chi connectivity index (χ3v) is 6.48. The molecule has 0 spiro atoms. The molecule has 9 nitrogen and oxygen atoms in total. The average Bonchev–Trinajstić information content (AvgIpc) is 3.20. The quantitative estimate of drug-likeness (QED) is 0.458. The molecule has 0 bridgehead atoms. The van der Waals surface area contributed by atoms with E-state index in [0.717, 1.165) is 18.5 Å². The van der Waals surface area contributed by atoms with E-state index >= 15 is 4.39 Å².